The van der Waals surface area contributed by atoms with E-state index in [9.17, 15) is 4.79 Å². The smallest absolute Gasteiger partial charge is 0.255 e. The van der Waals surface area contributed by atoms with Crippen LogP contribution < -0.4 is 10.1 Å². The molecule has 0 spiro atoms. The summed E-state index contributed by atoms with van der Waals surface area (Å²) in [7, 11) is 1.59. The molecule has 1 aromatic rings. The molecule has 4 heteroatoms. The lowest BCUT2D eigenvalue weighted by Gasteiger charge is -2.28. The van der Waals surface area contributed by atoms with Gasteiger partial charge in [-0.2, -0.15) is 0 Å². The van der Waals surface area contributed by atoms with Gasteiger partial charge in [-0.05, 0) is 31.9 Å². The van der Waals surface area contributed by atoms with E-state index in [4.69, 9.17) is 4.74 Å². The molecule has 19 heavy (non-hydrogen) atoms. The topological polar surface area (TPSA) is 38.3 Å². The second-order valence-corrected chi connectivity index (χ2v) is 5.84. The number of rotatable bonds is 4. The molecule has 0 heterocycles. The van der Waals surface area contributed by atoms with E-state index >= 15 is 0 Å². The predicted molar refractivity (Wildman–Crippen MR) is 80.2 cm³/mol. The van der Waals surface area contributed by atoms with Gasteiger partial charge in [0.2, 0.25) is 0 Å². The number of ether oxygens (including phenoxy) is 1. The van der Waals surface area contributed by atoms with E-state index in [1.54, 1.807) is 7.11 Å². The molecule has 0 saturated heterocycles. The summed E-state index contributed by atoms with van der Waals surface area (Å²) in [5.74, 6) is 0.590. The van der Waals surface area contributed by atoms with Crippen LogP contribution in [0.25, 0.3) is 0 Å². The summed E-state index contributed by atoms with van der Waals surface area (Å²) in [6.45, 7) is 1.98. The Kier molecular flexibility index (Phi) is 4.50. The maximum absolute atomic E-state index is 12.5. The standard InChI is InChI=1S/C15H20BrNO2/c1-11-5-6-13(19-2)12(9-11)14(18)17-15(10-16)7-3-4-8-15/h5-6,9H,3-4,7-8,10H2,1-2H3,(H,17,18). The molecule has 1 aromatic carbocycles. The van der Waals surface area contributed by atoms with Crippen LogP contribution in [0.1, 0.15) is 41.6 Å². The van der Waals surface area contributed by atoms with E-state index in [1.807, 2.05) is 25.1 Å². The van der Waals surface area contributed by atoms with Gasteiger partial charge in [0, 0.05) is 5.33 Å². The van der Waals surface area contributed by atoms with E-state index in [2.05, 4.69) is 21.2 Å². The third-order valence-corrected chi connectivity index (χ3v) is 4.87. The molecule has 0 unspecified atom stereocenters. The van der Waals surface area contributed by atoms with Crippen LogP contribution in [0.15, 0.2) is 18.2 Å². The number of benzene rings is 1. The van der Waals surface area contributed by atoms with Gasteiger partial charge in [-0.1, -0.05) is 40.4 Å². The second kappa shape index (κ2) is 5.95. The SMILES string of the molecule is COc1ccc(C)cc1C(=O)NC1(CBr)CCCC1. The Morgan fingerprint density at radius 1 is 1.42 bits per heavy atom. The van der Waals surface area contributed by atoms with Gasteiger partial charge in [0.25, 0.3) is 5.91 Å². The van der Waals surface area contributed by atoms with Crippen molar-refractivity contribution in [3.63, 3.8) is 0 Å². The average molecular weight is 326 g/mol. The number of hydrogen-bond donors (Lipinski definition) is 1. The van der Waals surface area contributed by atoms with E-state index < -0.39 is 0 Å². The first-order valence-corrected chi connectivity index (χ1v) is 7.75. The first-order chi connectivity index (χ1) is 9.10. The Balaban J connectivity index is 2.22. The lowest BCUT2D eigenvalue weighted by Crippen LogP contribution is -2.47. The van der Waals surface area contributed by atoms with E-state index in [1.165, 1.54) is 12.8 Å². The quantitative estimate of drug-likeness (QED) is 0.861. The zero-order valence-electron chi connectivity index (χ0n) is 11.5. The molecule has 0 radical (unpaired) electrons. The zero-order valence-corrected chi connectivity index (χ0v) is 13.0. The number of carbonyl (C=O) groups is 1. The molecule has 1 amide bonds. The van der Waals surface area contributed by atoms with E-state index in [-0.39, 0.29) is 11.4 Å². The van der Waals surface area contributed by atoms with Crippen LogP contribution in [0, 0.1) is 6.92 Å². The minimum atomic E-state index is -0.0914. The lowest BCUT2D eigenvalue weighted by molar-refractivity contribution is 0.0907. The molecule has 1 fully saturated rings. The van der Waals surface area contributed by atoms with Crippen LogP contribution in [0.2, 0.25) is 0 Å². The van der Waals surface area contributed by atoms with Gasteiger partial charge >= 0.3 is 0 Å². The van der Waals surface area contributed by atoms with Crippen molar-refractivity contribution in [2.24, 2.45) is 0 Å². The van der Waals surface area contributed by atoms with Crippen molar-refractivity contribution in [1.29, 1.82) is 0 Å². The van der Waals surface area contributed by atoms with Crippen LogP contribution >= 0.6 is 15.9 Å². The van der Waals surface area contributed by atoms with Crippen molar-refractivity contribution in [3.8, 4) is 5.75 Å². The minimum absolute atomic E-state index is 0.0399. The van der Waals surface area contributed by atoms with Crippen LogP contribution in [0.3, 0.4) is 0 Å². The van der Waals surface area contributed by atoms with Crippen LogP contribution in [-0.4, -0.2) is 23.9 Å². The summed E-state index contributed by atoms with van der Waals surface area (Å²) in [5, 5.41) is 4.00. The zero-order chi connectivity index (χ0) is 13.9. The van der Waals surface area contributed by atoms with Gasteiger partial charge in [0.1, 0.15) is 5.75 Å². The minimum Gasteiger partial charge on any atom is -0.496 e. The summed E-state index contributed by atoms with van der Waals surface area (Å²) < 4.78 is 5.28. The Labute approximate surface area is 122 Å². The molecular formula is C15H20BrNO2. The third kappa shape index (κ3) is 3.11. The van der Waals surface area contributed by atoms with Crippen molar-refractivity contribution < 1.29 is 9.53 Å². The van der Waals surface area contributed by atoms with Gasteiger partial charge in [-0.3, -0.25) is 4.79 Å². The van der Waals surface area contributed by atoms with Gasteiger partial charge in [-0.25, -0.2) is 0 Å². The predicted octanol–water partition coefficient (Wildman–Crippen LogP) is 3.44. The fraction of sp³-hybridized carbons (Fsp3) is 0.533. The summed E-state index contributed by atoms with van der Waals surface area (Å²) in [5.41, 5.74) is 1.59. The molecule has 1 saturated carbocycles. The molecule has 1 N–H and O–H groups in total. The molecule has 0 aromatic heterocycles. The molecule has 0 atom stereocenters. The molecule has 104 valence electrons. The molecule has 0 aliphatic heterocycles. The summed E-state index contributed by atoms with van der Waals surface area (Å²) in [4.78, 5) is 12.5. The maximum Gasteiger partial charge on any atom is 0.255 e. The molecule has 2 rings (SSSR count). The van der Waals surface area contributed by atoms with Crippen LogP contribution in [0.4, 0.5) is 0 Å². The van der Waals surface area contributed by atoms with Gasteiger partial charge in [0.15, 0.2) is 0 Å². The Bertz CT molecular complexity index is 467. The Morgan fingerprint density at radius 2 is 2.11 bits per heavy atom. The molecular weight excluding hydrogens is 306 g/mol. The number of amides is 1. The summed E-state index contributed by atoms with van der Waals surface area (Å²) >= 11 is 3.54. The average Bonchev–Trinajstić information content (AvgIpc) is 2.87. The number of aryl methyl sites for hydroxylation is 1. The maximum atomic E-state index is 12.5. The van der Waals surface area contributed by atoms with Crippen molar-refractivity contribution >= 4 is 21.8 Å². The van der Waals surface area contributed by atoms with Crippen molar-refractivity contribution in [2.45, 2.75) is 38.1 Å². The van der Waals surface area contributed by atoms with Crippen LogP contribution in [-0.2, 0) is 0 Å². The molecule has 3 nitrogen and oxygen atoms in total. The number of nitrogens with one attached hydrogen (secondary N) is 1. The number of hydrogen-bond acceptors (Lipinski definition) is 2. The Morgan fingerprint density at radius 3 is 2.68 bits per heavy atom. The first-order valence-electron chi connectivity index (χ1n) is 6.63. The fourth-order valence-electron chi connectivity index (χ4n) is 2.65. The summed E-state index contributed by atoms with van der Waals surface area (Å²) in [6, 6.07) is 5.68. The third-order valence-electron chi connectivity index (χ3n) is 3.79. The number of carbonyl (C=O) groups excluding carboxylic acids is 1. The van der Waals surface area contributed by atoms with Gasteiger partial charge < -0.3 is 10.1 Å². The van der Waals surface area contributed by atoms with Gasteiger partial charge in [0.05, 0.1) is 18.2 Å². The van der Waals surface area contributed by atoms with E-state index in [0.29, 0.717) is 11.3 Å². The highest BCUT2D eigenvalue weighted by Gasteiger charge is 2.34. The largest absolute Gasteiger partial charge is 0.496 e. The Hall–Kier alpha value is -1.03. The van der Waals surface area contributed by atoms with Crippen LogP contribution in [0.5, 0.6) is 5.75 Å². The highest BCUT2D eigenvalue weighted by Crippen LogP contribution is 2.32. The van der Waals surface area contributed by atoms with Crippen molar-refractivity contribution in [2.75, 3.05) is 12.4 Å². The van der Waals surface area contributed by atoms with E-state index in [0.717, 1.165) is 23.7 Å². The number of alkyl halides is 1. The molecule has 1 aliphatic rings. The number of methoxy groups -OCH3 is 1. The van der Waals surface area contributed by atoms with Gasteiger partial charge in [-0.15, -0.1) is 0 Å². The van der Waals surface area contributed by atoms with Crippen molar-refractivity contribution in [3.05, 3.63) is 29.3 Å². The monoisotopic (exact) mass is 325 g/mol. The fourth-order valence-corrected chi connectivity index (χ4v) is 3.35. The summed E-state index contributed by atoms with van der Waals surface area (Å²) in [6.07, 6.45) is 4.43. The normalized spacial score (nSPS) is 17.2. The second-order valence-electron chi connectivity index (χ2n) is 5.28. The first kappa shape index (κ1) is 14.4. The van der Waals surface area contributed by atoms with Crippen molar-refractivity contribution in [1.82, 2.24) is 5.32 Å². The molecule has 1 aliphatic carbocycles. The highest BCUT2D eigenvalue weighted by molar-refractivity contribution is 9.09. The number of halogens is 1. The highest BCUT2D eigenvalue weighted by atomic mass is 79.9. The lowest BCUT2D eigenvalue weighted by atomic mass is 9.99. The molecule has 0 bridgehead atoms.